The maximum absolute atomic E-state index is 13.4. The fourth-order valence-corrected chi connectivity index (χ4v) is 1.91. The van der Waals surface area contributed by atoms with Gasteiger partial charge >= 0.3 is 0 Å². The van der Waals surface area contributed by atoms with Crippen LogP contribution in [0.4, 0.5) is 8.78 Å². The number of halogens is 2. The van der Waals surface area contributed by atoms with Crippen LogP contribution in [0.2, 0.25) is 0 Å². The van der Waals surface area contributed by atoms with Gasteiger partial charge < -0.3 is 15.8 Å². The van der Waals surface area contributed by atoms with Crippen LogP contribution < -0.4 is 15.8 Å². The highest BCUT2D eigenvalue weighted by atomic mass is 19.2. The first kappa shape index (κ1) is 14.7. The van der Waals surface area contributed by atoms with E-state index in [9.17, 15) is 13.6 Å². The second-order valence-electron chi connectivity index (χ2n) is 5.27. The quantitative estimate of drug-likeness (QED) is 0.801. The fourth-order valence-electron chi connectivity index (χ4n) is 1.91. The van der Waals surface area contributed by atoms with Crippen LogP contribution in [-0.2, 0) is 4.79 Å². The Balaban J connectivity index is 1.92. The van der Waals surface area contributed by atoms with E-state index in [-0.39, 0.29) is 18.8 Å². The monoisotopic (exact) mass is 284 g/mol. The lowest BCUT2D eigenvalue weighted by atomic mass is 9.97. The molecule has 1 unspecified atom stereocenters. The third-order valence-corrected chi connectivity index (χ3v) is 3.42. The zero-order valence-electron chi connectivity index (χ0n) is 11.3. The number of carbonyl (C=O) groups is 1. The molecule has 2 rings (SSSR count). The standard InChI is InChI=1S/C14H18F2N2O2/c1-14(13(17)19,18-9-5-6-9)7-8-20-11-4-2-3-10(15)12(11)16/h2-4,9,18H,5-8H2,1H3,(H2,17,19). The number of hydrogen-bond acceptors (Lipinski definition) is 3. The fraction of sp³-hybridized carbons (Fsp3) is 0.500. The number of benzene rings is 1. The highest BCUT2D eigenvalue weighted by Gasteiger charge is 2.36. The average Bonchev–Trinajstić information content (AvgIpc) is 3.18. The molecular weight excluding hydrogens is 266 g/mol. The normalized spacial score (nSPS) is 17.6. The third-order valence-electron chi connectivity index (χ3n) is 3.42. The minimum absolute atomic E-state index is 0.0690. The van der Waals surface area contributed by atoms with Crippen molar-refractivity contribution in [2.24, 2.45) is 5.73 Å². The number of rotatable bonds is 7. The summed E-state index contributed by atoms with van der Waals surface area (Å²) in [4.78, 5) is 11.5. The molecule has 1 aromatic carbocycles. The van der Waals surface area contributed by atoms with Gasteiger partial charge in [0.2, 0.25) is 11.7 Å². The lowest BCUT2D eigenvalue weighted by molar-refractivity contribution is -0.124. The van der Waals surface area contributed by atoms with Gasteiger partial charge in [0.15, 0.2) is 11.6 Å². The summed E-state index contributed by atoms with van der Waals surface area (Å²) in [5, 5.41) is 3.16. The van der Waals surface area contributed by atoms with Crippen LogP contribution in [0.15, 0.2) is 18.2 Å². The molecule has 0 aliphatic heterocycles. The van der Waals surface area contributed by atoms with E-state index in [0.717, 1.165) is 18.9 Å². The molecule has 1 aliphatic carbocycles. The van der Waals surface area contributed by atoms with E-state index >= 15 is 0 Å². The maximum atomic E-state index is 13.4. The number of ether oxygens (including phenoxy) is 1. The molecule has 1 atom stereocenters. The molecule has 4 nitrogen and oxygen atoms in total. The minimum atomic E-state index is -1.02. The van der Waals surface area contributed by atoms with Gasteiger partial charge in [-0.1, -0.05) is 6.07 Å². The van der Waals surface area contributed by atoms with Gasteiger partial charge in [-0.15, -0.1) is 0 Å². The van der Waals surface area contributed by atoms with Crippen molar-refractivity contribution in [2.45, 2.75) is 37.8 Å². The van der Waals surface area contributed by atoms with Crippen LogP contribution in [0, 0.1) is 11.6 Å². The van der Waals surface area contributed by atoms with Gasteiger partial charge in [-0.2, -0.15) is 4.39 Å². The van der Waals surface area contributed by atoms with Gasteiger partial charge in [-0.3, -0.25) is 4.79 Å². The highest BCUT2D eigenvalue weighted by Crippen LogP contribution is 2.25. The number of nitrogens with two attached hydrogens (primary N) is 1. The lowest BCUT2D eigenvalue weighted by Crippen LogP contribution is -2.54. The van der Waals surface area contributed by atoms with Crippen molar-refractivity contribution >= 4 is 5.91 Å². The van der Waals surface area contributed by atoms with E-state index in [4.69, 9.17) is 10.5 Å². The second kappa shape index (κ2) is 5.75. The van der Waals surface area contributed by atoms with Crippen molar-refractivity contribution in [1.29, 1.82) is 0 Å². The molecule has 0 aromatic heterocycles. The van der Waals surface area contributed by atoms with Crippen LogP contribution in [0.1, 0.15) is 26.2 Å². The van der Waals surface area contributed by atoms with E-state index in [1.165, 1.54) is 12.1 Å². The molecular formula is C14H18F2N2O2. The summed E-state index contributed by atoms with van der Waals surface area (Å²) in [7, 11) is 0. The predicted octanol–water partition coefficient (Wildman–Crippen LogP) is 1.73. The molecule has 0 saturated heterocycles. The summed E-state index contributed by atoms with van der Waals surface area (Å²) in [6, 6.07) is 4.03. The molecule has 1 fully saturated rings. The summed E-state index contributed by atoms with van der Waals surface area (Å²) < 4.78 is 31.6. The summed E-state index contributed by atoms with van der Waals surface area (Å²) in [6.45, 7) is 1.76. The molecule has 110 valence electrons. The molecule has 1 aromatic rings. The molecule has 1 amide bonds. The van der Waals surface area contributed by atoms with Gasteiger partial charge in [0.1, 0.15) is 0 Å². The van der Waals surface area contributed by atoms with Crippen LogP contribution in [0.25, 0.3) is 0 Å². The van der Waals surface area contributed by atoms with E-state index < -0.39 is 23.1 Å². The molecule has 0 spiro atoms. The number of primary amides is 1. The minimum Gasteiger partial charge on any atom is -0.490 e. The zero-order chi connectivity index (χ0) is 14.8. The topological polar surface area (TPSA) is 64.3 Å². The van der Waals surface area contributed by atoms with Crippen molar-refractivity contribution in [3.8, 4) is 5.75 Å². The van der Waals surface area contributed by atoms with Crippen LogP contribution in [0.3, 0.4) is 0 Å². The Labute approximate surface area is 116 Å². The summed E-state index contributed by atoms with van der Waals surface area (Å²) in [5.74, 6) is -2.63. The van der Waals surface area contributed by atoms with Crippen molar-refractivity contribution in [1.82, 2.24) is 5.32 Å². The van der Waals surface area contributed by atoms with Crippen LogP contribution in [0.5, 0.6) is 5.75 Å². The molecule has 20 heavy (non-hydrogen) atoms. The predicted molar refractivity (Wildman–Crippen MR) is 70.2 cm³/mol. The van der Waals surface area contributed by atoms with E-state index in [1.54, 1.807) is 6.92 Å². The molecule has 0 bridgehead atoms. The van der Waals surface area contributed by atoms with Crippen molar-refractivity contribution in [3.63, 3.8) is 0 Å². The smallest absolute Gasteiger partial charge is 0.237 e. The van der Waals surface area contributed by atoms with Gasteiger partial charge in [0.05, 0.1) is 12.1 Å². The lowest BCUT2D eigenvalue weighted by Gasteiger charge is -2.27. The third kappa shape index (κ3) is 3.45. The molecule has 3 N–H and O–H groups in total. The molecule has 6 heteroatoms. The van der Waals surface area contributed by atoms with Crippen molar-refractivity contribution in [3.05, 3.63) is 29.8 Å². The molecule has 0 radical (unpaired) electrons. The second-order valence-corrected chi connectivity index (χ2v) is 5.27. The summed E-state index contributed by atoms with van der Waals surface area (Å²) in [6.07, 6.45) is 2.32. The number of nitrogens with one attached hydrogen (secondary N) is 1. The van der Waals surface area contributed by atoms with Crippen molar-refractivity contribution < 1.29 is 18.3 Å². The van der Waals surface area contributed by atoms with E-state index in [0.29, 0.717) is 6.04 Å². The Bertz CT molecular complexity index is 506. The van der Waals surface area contributed by atoms with E-state index in [1.807, 2.05) is 0 Å². The zero-order valence-corrected chi connectivity index (χ0v) is 11.3. The molecule has 1 saturated carbocycles. The SMILES string of the molecule is CC(CCOc1cccc(F)c1F)(NC1CC1)C(N)=O. The molecule has 1 aliphatic rings. The van der Waals surface area contributed by atoms with Gasteiger partial charge in [-0.25, -0.2) is 4.39 Å². The maximum Gasteiger partial charge on any atom is 0.237 e. The van der Waals surface area contributed by atoms with Crippen LogP contribution in [-0.4, -0.2) is 24.1 Å². The van der Waals surface area contributed by atoms with E-state index in [2.05, 4.69) is 5.32 Å². The first-order valence-electron chi connectivity index (χ1n) is 6.57. The molecule has 0 heterocycles. The largest absolute Gasteiger partial charge is 0.490 e. The van der Waals surface area contributed by atoms with Gasteiger partial charge in [0, 0.05) is 12.5 Å². The first-order valence-corrected chi connectivity index (χ1v) is 6.57. The summed E-state index contributed by atoms with van der Waals surface area (Å²) >= 11 is 0. The Morgan fingerprint density at radius 2 is 2.20 bits per heavy atom. The Kier molecular flexibility index (Phi) is 4.23. The Morgan fingerprint density at radius 3 is 2.80 bits per heavy atom. The van der Waals surface area contributed by atoms with Crippen molar-refractivity contribution in [2.75, 3.05) is 6.61 Å². The van der Waals surface area contributed by atoms with Gasteiger partial charge in [-0.05, 0) is 31.9 Å². The average molecular weight is 284 g/mol. The number of hydrogen-bond donors (Lipinski definition) is 2. The Hall–Kier alpha value is -1.69. The number of amides is 1. The first-order chi connectivity index (χ1) is 9.42. The Morgan fingerprint density at radius 1 is 1.50 bits per heavy atom. The van der Waals surface area contributed by atoms with Crippen LogP contribution >= 0.6 is 0 Å². The number of carbonyl (C=O) groups excluding carboxylic acids is 1. The van der Waals surface area contributed by atoms with Gasteiger partial charge in [0.25, 0.3) is 0 Å². The summed E-state index contributed by atoms with van der Waals surface area (Å²) in [5.41, 5.74) is 4.49. The highest BCUT2D eigenvalue weighted by molar-refractivity contribution is 5.84.